The van der Waals surface area contributed by atoms with Crippen LogP contribution in [-0.2, 0) is 11.3 Å². The molecule has 3 aliphatic rings. The van der Waals surface area contributed by atoms with Crippen LogP contribution in [0.3, 0.4) is 0 Å². The van der Waals surface area contributed by atoms with Crippen molar-refractivity contribution in [3.05, 3.63) is 34.2 Å². The maximum absolute atomic E-state index is 11.9. The molecule has 4 heteroatoms. The van der Waals surface area contributed by atoms with E-state index in [1.165, 1.54) is 55.7 Å². The summed E-state index contributed by atoms with van der Waals surface area (Å²) < 4.78 is 0. The van der Waals surface area contributed by atoms with Gasteiger partial charge in [0.1, 0.15) is 5.78 Å². The highest BCUT2D eigenvalue weighted by Crippen LogP contribution is 2.39. The molecule has 1 N–H and O–H groups in total. The Morgan fingerprint density at radius 3 is 2.19 bits per heavy atom. The largest absolute Gasteiger partial charge is 0.309 e. The van der Waals surface area contributed by atoms with Crippen molar-refractivity contribution < 1.29 is 4.79 Å². The molecule has 2 bridgehead atoms. The second-order valence-electron chi connectivity index (χ2n) is 11.0. The van der Waals surface area contributed by atoms with E-state index in [-0.39, 0.29) is 5.92 Å². The minimum absolute atomic E-state index is 0.281. The van der Waals surface area contributed by atoms with Crippen LogP contribution in [0.4, 0.5) is 0 Å². The topological polar surface area (TPSA) is 32.3 Å². The number of carbonyl (C=O) groups excluding carboxylic acids is 1. The van der Waals surface area contributed by atoms with Crippen molar-refractivity contribution in [2.45, 2.75) is 117 Å². The van der Waals surface area contributed by atoms with E-state index in [0.29, 0.717) is 23.9 Å². The fourth-order valence-corrected chi connectivity index (χ4v) is 6.31. The number of hydrogen-bond donors (Lipinski definition) is 1. The van der Waals surface area contributed by atoms with Crippen LogP contribution in [0.15, 0.2) is 18.2 Å². The molecule has 0 amide bonds. The standard InChI is InChI=1S/C27H39ClN2O.C3H8.C2H2/c1-4-21-13-20(17-30-24-10-11-25(30)15-22(14-24)19(3)31)7-12-26(21)27(28)16-29-23-8-5-18(2)6-9-23;1-3-2;1-2/h4,7,12-13,18,22-25,29H,5-6,8-11,14-17H2,1-3H3;3H2,1-2H3;1-2H/b21-4-,27-26+;;. The highest BCUT2D eigenvalue weighted by atomic mass is 35.5. The van der Waals surface area contributed by atoms with Crippen molar-refractivity contribution in [2.24, 2.45) is 11.8 Å². The Balaban J connectivity index is 0.000000850. The summed E-state index contributed by atoms with van der Waals surface area (Å²) in [5, 5.41) is 6.99. The molecule has 1 aromatic rings. The molecule has 1 aliphatic carbocycles. The number of piperidine rings is 1. The highest BCUT2D eigenvalue weighted by Gasteiger charge is 2.41. The first-order valence-corrected chi connectivity index (χ1v) is 14.5. The lowest BCUT2D eigenvalue weighted by molar-refractivity contribution is -0.123. The number of carbonyl (C=O) groups is 1. The maximum Gasteiger partial charge on any atom is 0.133 e. The van der Waals surface area contributed by atoms with Crippen LogP contribution < -0.4 is 15.8 Å². The monoisotopic (exact) mass is 512 g/mol. The van der Waals surface area contributed by atoms with E-state index >= 15 is 0 Å². The number of benzene rings is 1. The first kappa shape index (κ1) is 30.6. The quantitative estimate of drug-likeness (QED) is 0.474. The Morgan fingerprint density at radius 2 is 1.67 bits per heavy atom. The average Bonchev–Trinajstić information content (AvgIpc) is 3.10. The zero-order valence-electron chi connectivity index (χ0n) is 23.4. The van der Waals surface area contributed by atoms with E-state index in [0.717, 1.165) is 42.1 Å². The Bertz CT molecular complexity index is 946. The number of ketones is 1. The average molecular weight is 513 g/mol. The molecule has 4 rings (SSSR count). The fraction of sp³-hybridized carbons (Fsp3) is 0.656. The molecular weight excluding hydrogens is 464 g/mol. The molecule has 1 aromatic carbocycles. The van der Waals surface area contributed by atoms with Crippen molar-refractivity contribution in [1.29, 1.82) is 0 Å². The molecule has 3 fully saturated rings. The predicted molar refractivity (Wildman–Crippen MR) is 156 cm³/mol. The van der Waals surface area contributed by atoms with Gasteiger partial charge in [0.05, 0.1) is 0 Å². The van der Waals surface area contributed by atoms with Crippen LogP contribution in [-0.4, -0.2) is 35.4 Å². The van der Waals surface area contributed by atoms with Gasteiger partial charge >= 0.3 is 0 Å². The van der Waals surface area contributed by atoms with Crippen molar-refractivity contribution in [2.75, 3.05) is 6.54 Å². The molecule has 2 atom stereocenters. The van der Waals surface area contributed by atoms with Crippen LogP contribution >= 0.6 is 11.6 Å². The third kappa shape index (κ3) is 8.47. The van der Waals surface area contributed by atoms with Gasteiger partial charge in [0, 0.05) is 42.2 Å². The third-order valence-electron chi connectivity index (χ3n) is 8.11. The molecule has 2 unspecified atom stereocenters. The summed E-state index contributed by atoms with van der Waals surface area (Å²) in [6, 6.07) is 8.52. The summed E-state index contributed by atoms with van der Waals surface area (Å²) in [6.07, 6.45) is 21.2. The number of fused-ring (bicyclic) bond motifs is 2. The van der Waals surface area contributed by atoms with Crippen molar-refractivity contribution in [3.63, 3.8) is 0 Å². The molecule has 200 valence electrons. The smallest absolute Gasteiger partial charge is 0.133 e. The summed E-state index contributed by atoms with van der Waals surface area (Å²) in [4.78, 5) is 14.6. The lowest BCUT2D eigenvalue weighted by Gasteiger charge is -2.38. The summed E-state index contributed by atoms with van der Waals surface area (Å²) >= 11 is 6.78. The molecule has 2 saturated heterocycles. The molecule has 2 aliphatic heterocycles. The van der Waals surface area contributed by atoms with Gasteiger partial charge < -0.3 is 5.32 Å². The first-order valence-electron chi connectivity index (χ1n) is 14.1. The van der Waals surface area contributed by atoms with Gasteiger partial charge in [-0.3, -0.25) is 9.69 Å². The number of terminal acetylenes is 1. The van der Waals surface area contributed by atoms with Crippen LogP contribution in [0, 0.1) is 24.7 Å². The van der Waals surface area contributed by atoms with Crippen LogP contribution in [0.25, 0.3) is 11.1 Å². The third-order valence-corrected chi connectivity index (χ3v) is 8.44. The van der Waals surface area contributed by atoms with Gasteiger partial charge in [-0.05, 0) is 87.1 Å². The fourth-order valence-electron chi connectivity index (χ4n) is 6.06. The van der Waals surface area contributed by atoms with E-state index in [2.05, 4.69) is 75.0 Å². The predicted octanol–water partition coefficient (Wildman–Crippen LogP) is 6.00. The van der Waals surface area contributed by atoms with E-state index in [4.69, 9.17) is 11.6 Å². The van der Waals surface area contributed by atoms with Crippen molar-refractivity contribution in [3.8, 4) is 12.8 Å². The summed E-state index contributed by atoms with van der Waals surface area (Å²) in [5.41, 5.74) is 1.36. The molecule has 3 nitrogen and oxygen atoms in total. The lowest BCUT2D eigenvalue weighted by Crippen LogP contribution is -2.44. The van der Waals surface area contributed by atoms with Crippen molar-refractivity contribution >= 4 is 28.5 Å². The molecule has 0 aromatic heterocycles. The van der Waals surface area contributed by atoms with Crippen LogP contribution in [0.1, 0.15) is 98.0 Å². The van der Waals surface area contributed by atoms with Gasteiger partial charge in [0.25, 0.3) is 0 Å². The molecular formula is C32H49ClN2O. The molecule has 36 heavy (non-hydrogen) atoms. The number of halogens is 1. The number of nitrogens with zero attached hydrogens (tertiary/aromatic N) is 1. The summed E-state index contributed by atoms with van der Waals surface area (Å²) in [6.45, 7) is 12.2. The number of Topliss-reactive ketones (excluding diaryl/α,β-unsaturated/α-hetero) is 1. The molecule has 0 spiro atoms. The van der Waals surface area contributed by atoms with Crippen LogP contribution in [0.2, 0.25) is 0 Å². The Kier molecular flexibility index (Phi) is 13.3. The molecule has 1 saturated carbocycles. The summed E-state index contributed by atoms with van der Waals surface area (Å²) in [7, 11) is 0. The normalized spacial score (nSPS) is 28.9. The second kappa shape index (κ2) is 15.6. The molecule has 0 radical (unpaired) electrons. The number of nitrogens with one attached hydrogen (secondary N) is 1. The Hall–Kier alpha value is -1.60. The molecule has 2 heterocycles. The van der Waals surface area contributed by atoms with Gasteiger partial charge in [-0.25, -0.2) is 0 Å². The van der Waals surface area contributed by atoms with E-state index in [9.17, 15) is 4.79 Å². The van der Waals surface area contributed by atoms with E-state index in [1.807, 2.05) is 0 Å². The zero-order chi connectivity index (χ0) is 26.7. The first-order chi connectivity index (χ1) is 17.4. The Morgan fingerprint density at radius 1 is 1.08 bits per heavy atom. The van der Waals surface area contributed by atoms with Gasteiger partial charge in [-0.1, -0.05) is 63.1 Å². The minimum Gasteiger partial charge on any atom is -0.309 e. The summed E-state index contributed by atoms with van der Waals surface area (Å²) in [5.74, 6) is 1.53. The SMILES string of the molecule is C#C.C/C=c1/cc(CN2C3CCC2CC(C(C)=O)C3)cc/c1=C(\Cl)CNC1CCC(C)CC1.CCC. The van der Waals surface area contributed by atoms with Gasteiger partial charge in [-0.2, -0.15) is 0 Å². The highest BCUT2D eigenvalue weighted by molar-refractivity contribution is 6.45. The van der Waals surface area contributed by atoms with Gasteiger partial charge in [-0.15, -0.1) is 12.8 Å². The van der Waals surface area contributed by atoms with E-state index in [1.54, 1.807) is 6.92 Å². The van der Waals surface area contributed by atoms with Gasteiger partial charge in [0.15, 0.2) is 0 Å². The van der Waals surface area contributed by atoms with Crippen LogP contribution in [0.5, 0.6) is 0 Å². The van der Waals surface area contributed by atoms with E-state index < -0.39 is 0 Å². The second-order valence-corrected chi connectivity index (χ2v) is 11.5. The number of hydrogen-bond acceptors (Lipinski definition) is 3. The van der Waals surface area contributed by atoms with Crippen molar-refractivity contribution in [1.82, 2.24) is 10.2 Å². The number of rotatable bonds is 6. The maximum atomic E-state index is 11.9. The lowest BCUT2D eigenvalue weighted by atomic mass is 9.87. The minimum atomic E-state index is 0.281. The Labute approximate surface area is 225 Å². The van der Waals surface area contributed by atoms with Gasteiger partial charge in [0.2, 0.25) is 0 Å². The zero-order valence-corrected chi connectivity index (χ0v) is 24.1.